The number of allylic oxidation sites excluding steroid dienone is 1. The van der Waals surface area contributed by atoms with Crippen LogP contribution in [0.25, 0.3) is 0 Å². The highest BCUT2D eigenvalue weighted by atomic mass is 16.1. The smallest absolute Gasteiger partial charge is 0.220 e. The summed E-state index contributed by atoms with van der Waals surface area (Å²) in [6.45, 7) is 2.15. The molecular formula is C12H21NO. The summed E-state index contributed by atoms with van der Waals surface area (Å²) >= 11 is 0. The summed E-state index contributed by atoms with van der Waals surface area (Å²) in [6, 6.07) is 0.304. The summed E-state index contributed by atoms with van der Waals surface area (Å²) in [7, 11) is 0. The predicted octanol–water partition coefficient (Wildman–Crippen LogP) is 2.79. The fourth-order valence-electron chi connectivity index (χ4n) is 1.75. The lowest BCUT2D eigenvalue weighted by Gasteiger charge is -2.17. The summed E-state index contributed by atoms with van der Waals surface area (Å²) in [6.07, 6.45) is 11.8. The molecule has 0 aliphatic heterocycles. The van der Waals surface area contributed by atoms with Crippen molar-refractivity contribution in [2.45, 2.75) is 57.9 Å². The van der Waals surface area contributed by atoms with Crippen molar-refractivity contribution in [1.82, 2.24) is 5.32 Å². The summed E-state index contributed by atoms with van der Waals surface area (Å²) in [5, 5.41) is 3.05. The molecular weight excluding hydrogens is 174 g/mol. The van der Waals surface area contributed by atoms with Gasteiger partial charge in [0.25, 0.3) is 0 Å². The van der Waals surface area contributed by atoms with Gasteiger partial charge >= 0.3 is 0 Å². The van der Waals surface area contributed by atoms with Crippen molar-refractivity contribution in [2.24, 2.45) is 0 Å². The molecule has 0 saturated carbocycles. The molecule has 80 valence electrons. The van der Waals surface area contributed by atoms with Gasteiger partial charge in [0.05, 0.1) is 0 Å². The summed E-state index contributed by atoms with van der Waals surface area (Å²) < 4.78 is 0. The lowest BCUT2D eigenvalue weighted by atomic mass is 10.0. The van der Waals surface area contributed by atoms with Crippen LogP contribution in [-0.2, 0) is 4.79 Å². The number of carbonyl (C=O) groups is 1. The van der Waals surface area contributed by atoms with Crippen LogP contribution in [0.2, 0.25) is 0 Å². The molecule has 1 unspecified atom stereocenters. The molecule has 2 nitrogen and oxygen atoms in total. The van der Waals surface area contributed by atoms with Gasteiger partial charge in [0.2, 0.25) is 5.91 Å². The Labute approximate surface area is 86.8 Å². The molecule has 2 heteroatoms. The summed E-state index contributed by atoms with van der Waals surface area (Å²) in [5.74, 6) is 0.218. The Morgan fingerprint density at radius 2 is 2.36 bits per heavy atom. The molecule has 1 aliphatic carbocycles. The van der Waals surface area contributed by atoms with Crippen LogP contribution in [0, 0.1) is 0 Å². The second-order valence-electron chi connectivity index (χ2n) is 3.99. The van der Waals surface area contributed by atoms with E-state index in [1.807, 2.05) is 0 Å². The first-order chi connectivity index (χ1) is 6.83. The first-order valence-electron chi connectivity index (χ1n) is 5.79. The van der Waals surface area contributed by atoms with Gasteiger partial charge in [0.15, 0.2) is 0 Å². The highest BCUT2D eigenvalue weighted by molar-refractivity contribution is 5.76. The molecule has 1 amide bonds. The second-order valence-corrected chi connectivity index (χ2v) is 3.99. The molecule has 0 aromatic carbocycles. The zero-order valence-corrected chi connectivity index (χ0v) is 9.09. The lowest BCUT2D eigenvalue weighted by molar-refractivity contribution is -0.121. The van der Waals surface area contributed by atoms with Crippen LogP contribution in [0.3, 0.4) is 0 Å². The zero-order valence-electron chi connectivity index (χ0n) is 9.09. The number of amides is 1. The minimum Gasteiger partial charge on any atom is -0.350 e. The number of carbonyl (C=O) groups excluding carboxylic acids is 1. The molecule has 0 bridgehead atoms. The van der Waals surface area contributed by atoms with Gasteiger partial charge in [-0.15, -0.1) is 0 Å². The third kappa shape index (κ3) is 4.45. The van der Waals surface area contributed by atoms with E-state index in [4.69, 9.17) is 0 Å². The molecule has 0 radical (unpaired) electrons. The van der Waals surface area contributed by atoms with Gasteiger partial charge in [-0.05, 0) is 25.7 Å². The average Bonchev–Trinajstić information content (AvgIpc) is 2.20. The third-order valence-electron chi connectivity index (χ3n) is 2.61. The Hall–Kier alpha value is -0.790. The molecule has 1 rings (SSSR count). The van der Waals surface area contributed by atoms with E-state index in [-0.39, 0.29) is 5.91 Å². The molecule has 0 spiro atoms. The van der Waals surface area contributed by atoms with Crippen LogP contribution in [0.4, 0.5) is 0 Å². The highest BCUT2D eigenvalue weighted by Crippen LogP contribution is 2.10. The van der Waals surface area contributed by atoms with Crippen LogP contribution in [0.15, 0.2) is 12.2 Å². The Kier molecular flexibility index (Phi) is 5.35. The second kappa shape index (κ2) is 6.63. The molecule has 0 fully saturated rings. The molecule has 0 heterocycles. The Morgan fingerprint density at radius 3 is 3.00 bits per heavy atom. The van der Waals surface area contributed by atoms with E-state index in [9.17, 15) is 4.79 Å². The fourth-order valence-corrected chi connectivity index (χ4v) is 1.75. The van der Waals surface area contributed by atoms with Crippen LogP contribution in [-0.4, -0.2) is 11.9 Å². The van der Waals surface area contributed by atoms with Gasteiger partial charge in [0, 0.05) is 12.5 Å². The maximum atomic E-state index is 11.4. The maximum absolute atomic E-state index is 11.4. The first kappa shape index (κ1) is 11.3. The molecule has 1 aliphatic rings. The predicted molar refractivity (Wildman–Crippen MR) is 59.1 cm³/mol. The standard InChI is InChI=1S/C12H21NO/c1-2-3-5-10-12(14)13-11-8-6-4-7-9-11/h6,8,11H,2-5,7,9-10H2,1H3,(H,13,14). The lowest BCUT2D eigenvalue weighted by Crippen LogP contribution is -2.34. The summed E-state index contributed by atoms with van der Waals surface area (Å²) in [5.41, 5.74) is 0. The van der Waals surface area contributed by atoms with Crippen molar-refractivity contribution in [1.29, 1.82) is 0 Å². The van der Waals surface area contributed by atoms with Crippen molar-refractivity contribution >= 4 is 5.91 Å². The first-order valence-corrected chi connectivity index (χ1v) is 5.79. The van der Waals surface area contributed by atoms with Crippen molar-refractivity contribution in [3.05, 3.63) is 12.2 Å². The zero-order chi connectivity index (χ0) is 10.2. The number of hydrogen-bond donors (Lipinski definition) is 1. The van der Waals surface area contributed by atoms with E-state index in [0.29, 0.717) is 12.5 Å². The van der Waals surface area contributed by atoms with Crippen LogP contribution in [0.5, 0.6) is 0 Å². The van der Waals surface area contributed by atoms with E-state index in [1.165, 1.54) is 19.3 Å². The van der Waals surface area contributed by atoms with Gasteiger partial charge in [0.1, 0.15) is 0 Å². The van der Waals surface area contributed by atoms with Gasteiger partial charge in [-0.2, -0.15) is 0 Å². The van der Waals surface area contributed by atoms with E-state index in [2.05, 4.69) is 24.4 Å². The van der Waals surface area contributed by atoms with E-state index in [0.717, 1.165) is 19.3 Å². The van der Waals surface area contributed by atoms with Gasteiger partial charge < -0.3 is 5.32 Å². The minimum atomic E-state index is 0.218. The van der Waals surface area contributed by atoms with E-state index < -0.39 is 0 Å². The third-order valence-corrected chi connectivity index (χ3v) is 2.61. The molecule has 0 saturated heterocycles. The van der Waals surface area contributed by atoms with Gasteiger partial charge in [-0.3, -0.25) is 4.79 Å². The Bertz CT molecular complexity index is 198. The Morgan fingerprint density at radius 1 is 1.50 bits per heavy atom. The fraction of sp³-hybridized carbons (Fsp3) is 0.750. The van der Waals surface area contributed by atoms with Gasteiger partial charge in [-0.25, -0.2) is 0 Å². The van der Waals surface area contributed by atoms with Crippen molar-refractivity contribution in [3.63, 3.8) is 0 Å². The van der Waals surface area contributed by atoms with E-state index >= 15 is 0 Å². The average molecular weight is 195 g/mol. The quantitative estimate of drug-likeness (QED) is 0.530. The van der Waals surface area contributed by atoms with Crippen molar-refractivity contribution in [2.75, 3.05) is 0 Å². The van der Waals surface area contributed by atoms with Crippen LogP contribution >= 0.6 is 0 Å². The van der Waals surface area contributed by atoms with Crippen molar-refractivity contribution < 1.29 is 4.79 Å². The number of nitrogens with one attached hydrogen (secondary N) is 1. The molecule has 0 aromatic rings. The summed E-state index contributed by atoms with van der Waals surface area (Å²) in [4.78, 5) is 11.4. The SMILES string of the molecule is CCCCCC(=O)NC1C=CCCC1. The number of rotatable bonds is 5. The monoisotopic (exact) mass is 195 g/mol. The number of unbranched alkanes of at least 4 members (excludes halogenated alkanes) is 2. The van der Waals surface area contributed by atoms with Crippen LogP contribution in [0.1, 0.15) is 51.9 Å². The van der Waals surface area contributed by atoms with Crippen LogP contribution < -0.4 is 5.32 Å². The molecule has 1 N–H and O–H groups in total. The highest BCUT2D eigenvalue weighted by Gasteiger charge is 2.10. The van der Waals surface area contributed by atoms with Gasteiger partial charge in [-0.1, -0.05) is 31.9 Å². The molecule has 1 atom stereocenters. The van der Waals surface area contributed by atoms with Crippen molar-refractivity contribution in [3.8, 4) is 0 Å². The molecule has 0 aromatic heterocycles. The number of hydrogen-bond acceptors (Lipinski definition) is 1. The maximum Gasteiger partial charge on any atom is 0.220 e. The minimum absolute atomic E-state index is 0.218. The normalized spacial score (nSPS) is 20.8. The largest absolute Gasteiger partial charge is 0.350 e. The molecule has 14 heavy (non-hydrogen) atoms. The van der Waals surface area contributed by atoms with E-state index in [1.54, 1.807) is 0 Å². The Balaban J connectivity index is 2.12. The topological polar surface area (TPSA) is 29.1 Å².